The molecule has 6 nitrogen and oxygen atoms in total. The Morgan fingerprint density at radius 2 is 2.28 bits per heavy atom. The van der Waals surface area contributed by atoms with Gasteiger partial charge in [0.05, 0.1) is 12.0 Å². The van der Waals surface area contributed by atoms with Crippen LogP contribution in [0.3, 0.4) is 0 Å². The SMILES string of the molecule is O=C(O)CCO/N=C1/Oc2ccc(Cl)cc2C1=O. The molecular formula is C11H8ClNO5. The lowest BCUT2D eigenvalue weighted by Crippen LogP contribution is -2.13. The number of carboxylic acids is 1. The van der Waals surface area contributed by atoms with Crippen LogP contribution in [0.4, 0.5) is 0 Å². The van der Waals surface area contributed by atoms with Crippen molar-refractivity contribution >= 4 is 29.3 Å². The second kappa shape index (κ2) is 5.05. The molecule has 1 aromatic rings. The molecule has 0 amide bonds. The molecule has 0 aliphatic carbocycles. The third kappa shape index (κ3) is 2.60. The molecular weight excluding hydrogens is 262 g/mol. The number of hydrogen-bond acceptors (Lipinski definition) is 5. The smallest absolute Gasteiger partial charge is 0.306 e. The van der Waals surface area contributed by atoms with Crippen LogP contribution in [-0.2, 0) is 9.63 Å². The number of carboxylic acid groups (broad SMARTS) is 1. The summed E-state index contributed by atoms with van der Waals surface area (Å²) in [7, 11) is 0. The Hall–Kier alpha value is -2.08. The van der Waals surface area contributed by atoms with Gasteiger partial charge < -0.3 is 14.7 Å². The minimum Gasteiger partial charge on any atom is -0.481 e. The molecule has 0 unspecified atom stereocenters. The summed E-state index contributed by atoms with van der Waals surface area (Å²) in [5.41, 5.74) is 0.308. The van der Waals surface area contributed by atoms with Gasteiger partial charge in [-0.05, 0) is 23.4 Å². The Morgan fingerprint density at radius 3 is 3.00 bits per heavy atom. The Morgan fingerprint density at radius 1 is 1.50 bits per heavy atom. The van der Waals surface area contributed by atoms with Crippen molar-refractivity contribution in [1.82, 2.24) is 0 Å². The number of rotatable bonds is 4. The molecule has 0 aromatic heterocycles. The lowest BCUT2D eigenvalue weighted by atomic mass is 10.1. The largest absolute Gasteiger partial charge is 0.481 e. The Bertz CT molecular complexity index is 540. The fourth-order valence-corrected chi connectivity index (χ4v) is 1.50. The fourth-order valence-electron chi connectivity index (χ4n) is 1.33. The summed E-state index contributed by atoms with van der Waals surface area (Å²) < 4.78 is 5.15. The number of ketones is 1. The summed E-state index contributed by atoms with van der Waals surface area (Å²) in [6.07, 6.45) is -0.205. The van der Waals surface area contributed by atoms with Crippen LogP contribution in [0.1, 0.15) is 16.8 Å². The molecule has 0 saturated carbocycles. The van der Waals surface area contributed by atoms with E-state index in [1.807, 2.05) is 0 Å². The van der Waals surface area contributed by atoms with Crippen LogP contribution in [0.25, 0.3) is 0 Å². The molecule has 1 heterocycles. The molecule has 18 heavy (non-hydrogen) atoms. The highest BCUT2D eigenvalue weighted by molar-refractivity contribution is 6.47. The molecule has 0 atom stereocenters. The van der Waals surface area contributed by atoms with Crippen LogP contribution in [-0.4, -0.2) is 29.4 Å². The maximum atomic E-state index is 11.8. The van der Waals surface area contributed by atoms with Gasteiger partial charge in [-0.15, -0.1) is 0 Å². The lowest BCUT2D eigenvalue weighted by molar-refractivity contribution is -0.138. The van der Waals surface area contributed by atoms with Crippen LogP contribution in [0.5, 0.6) is 5.75 Å². The summed E-state index contributed by atoms with van der Waals surface area (Å²) in [5.74, 6) is -1.32. The monoisotopic (exact) mass is 269 g/mol. The molecule has 0 radical (unpaired) electrons. The first-order valence-electron chi connectivity index (χ1n) is 5.02. The summed E-state index contributed by atoms with van der Waals surface area (Å²) in [6.45, 7) is -0.132. The molecule has 1 N–H and O–H groups in total. The summed E-state index contributed by atoms with van der Waals surface area (Å²) >= 11 is 5.75. The van der Waals surface area contributed by atoms with Crippen molar-refractivity contribution in [3.63, 3.8) is 0 Å². The topological polar surface area (TPSA) is 85.2 Å². The number of aliphatic carboxylic acids is 1. The van der Waals surface area contributed by atoms with Crippen molar-refractivity contribution in [2.45, 2.75) is 6.42 Å². The number of fused-ring (bicyclic) bond motifs is 1. The first-order valence-corrected chi connectivity index (χ1v) is 5.39. The zero-order chi connectivity index (χ0) is 13.1. The van der Waals surface area contributed by atoms with E-state index >= 15 is 0 Å². The lowest BCUT2D eigenvalue weighted by Gasteiger charge is -1.97. The number of nitrogens with zero attached hydrogens (tertiary/aromatic N) is 1. The normalized spacial score (nSPS) is 15.4. The zero-order valence-electron chi connectivity index (χ0n) is 9.05. The quantitative estimate of drug-likeness (QED) is 0.664. The van der Waals surface area contributed by atoms with E-state index in [0.29, 0.717) is 16.3 Å². The minimum absolute atomic E-state index is 0.132. The molecule has 0 bridgehead atoms. The van der Waals surface area contributed by atoms with Gasteiger partial charge in [0.15, 0.2) is 0 Å². The van der Waals surface area contributed by atoms with Gasteiger partial charge in [0, 0.05) is 5.02 Å². The van der Waals surface area contributed by atoms with E-state index in [0.717, 1.165) is 0 Å². The van der Waals surface area contributed by atoms with E-state index in [1.165, 1.54) is 6.07 Å². The highest BCUT2D eigenvalue weighted by Crippen LogP contribution is 2.29. The van der Waals surface area contributed by atoms with E-state index in [4.69, 9.17) is 21.4 Å². The number of hydrogen-bond donors (Lipinski definition) is 1. The summed E-state index contributed by atoms with van der Waals surface area (Å²) in [6, 6.07) is 4.61. The number of carbonyl (C=O) groups is 2. The van der Waals surface area contributed by atoms with Gasteiger partial charge in [-0.25, -0.2) is 0 Å². The van der Waals surface area contributed by atoms with E-state index < -0.39 is 11.8 Å². The van der Waals surface area contributed by atoms with Crippen molar-refractivity contribution < 1.29 is 24.3 Å². The predicted molar refractivity (Wildman–Crippen MR) is 62.1 cm³/mol. The van der Waals surface area contributed by atoms with Gasteiger partial charge in [0.1, 0.15) is 12.4 Å². The third-order valence-electron chi connectivity index (χ3n) is 2.14. The van der Waals surface area contributed by atoms with Crippen molar-refractivity contribution in [3.05, 3.63) is 28.8 Å². The van der Waals surface area contributed by atoms with Crippen LogP contribution in [0.15, 0.2) is 23.4 Å². The number of carbonyl (C=O) groups excluding carboxylic acids is 1. The van der Waals surface area contributed by atoms with Gasteiger partial charge in [-0.3, -0.25) is 9.59 Å². The van der Waals surface area contributed by atoms with Crippen LogP contribution in [0.2, 0.25) is 5.02 Å². The summed E-state index contributed by atoms with van der Waals surface area (Å²) in [5, 5.41) is 12.3. The number of halogens is 1. The third-order valence-corrected chi connectivity index (χ3v) is 2.38. The summed E-state index contributed by atoms with van der Waals surface area (Å²) in [4.78, 5) is 26.7. The van der Waals surface area contributed by atoms with Crippen molar-refractivity contribution in [1.29, 1.82) is 0 Å². The van der Waals surface area contributed by atoms with Crippen molar-refractivity contribution in [3.8, 4) is 5.75 Å². The Balaban J connectivity index is 2.04. The van der Waals surface area contributed by atoms with Gasteiger partial charge >= 0.3 is 11.9 Å². The molecule has 0 saturated heterocycles. The minimum atomic E-state index is -1.01. The van der Waals surface area contributed by atoms with Gasteiger partial charge in [-0.1, -0.05) is 11.6 Å². The van der Waals surface area contributed by atoms with Crippen molar-refractivity contribution in [2.75, 3.05) is 6.61 Å². The molecule has 0 spiro atoms. The Kier molecular flexibility index (Phi) is 3.47. The average Bonchev–Trinajstić information content (AvgIpc) is 2.62. The van der Waals surface area contributed by atoms with Gasteiger partial charge in [0.2, 0.25) is 0 Å². The molecule has 94 valence electrons. The first-order chi connectivity index (χ1) is 8.58. The van der Waals surface area contributed by atoms with E-state index in [-0.39, 0.29) is 18.9 Å². The van der Waals surface area contributed by atoms with Crippen LogP contribution >= 0.6 is 11.6 Å². The maximum Gasteiger partial charge on any atom is 0.306 e. The number of benzene rings is 1. The number of oxime groups is 1. The fraction of sp³-hybridized carbons (Fsp3) is 0.182. The predicted octanol–water partition coefficient (Wildman–Crippen LogP) is 1.72. The second-order valence-electron chi connectivity index (χ2n) is 3.45. The highest BCUT2D eigenvalue weighted by Gasteiger charge is 2.29. The molecule has 1 aromatic carbocycles. The van der Waals surface area contributed by atoms with Crippen molar-refractivity contribution in [2.24, 2.45) is 5.16 Å². The molecule has 1 aliphatic rings. The van der Waals surface area contributed by atoms with Crippen LogP contribution < -0.4 is 4.74 Å². The maximum absolute atomic E-state index is 11.8. The zero-order valence-corrected chi connectivity index (χ0v) is 9.81. The average molecular weight is 270 g/mol. The molecule has 7 heteroatoms. The van der Waals surface area contributed by atoms with E-state index in [2.05, 4.69) is 9.99 Å². The van der Waals surface area contributed by atoms with Gasteiger partial charge in [-0.2, -0.15) is 0 Å². The first kappa shape index (κ1) is 12.4. The van der Waals surface area contributed by atoms with E-state index in [9.17, 15) is 9.59 Å². The number of Topliss-reactive ketones (excluding diaryl/α,β-unsaturated/α-hetero) is 1. The standard InChI is InChI=1S/C11H8ClNO5/c12-6-1-2-8-7(5-6)10(16)11(18-8)13-17-4-3-9(14)15/h1-2,5H,3-4H2,(H,14,15)/b13-11+. The second-order valence-corrected chi connectivity index (χ2v) is 3.88. The highest BCUT2D eigenvalue weighted by atomic mass is 35.5. The molecule has 1 aliphatic heterocycles. The van der Waals surface area contributed by atoms with E-state index in [1.54, 1.807) is 12.1 Å². The van der Waals surface area contributed by atoms with Crippen LogP contribution in [0, 0.1) is 0 Å². The Labute approximate surface area is 107 Å². The number of ether oxygens (including phenoxy) is 1. The molecule has 0 fully saturated rings. The molecule has 2 rings (SSSR count). The van der Waals surface area contributed by atoms with Gasteiger partial charge in [0.25, 0.3) is 5.78 Å².